The first-order valence-electron chi connectivity index (χ1n) is 14.2. The van der Waals surface area contributed by atoms with Gasteiger partial charge >= 0.3 is 6.18 Å². The van der Waals surface area contributed by atoms with Gasteiger partial charge < -0.3 is 9.30 Å². The summed E-state index contributed by atoms with van der Waals surface area (Å²) in [5, 5.41) is 0. The van der Waals surface area contributed by atoms with Crippen LogP contribution < -0.4 is 9.04 Å². The average Bonchev–Trinajstić information content (AvgIpc) is 3.91. The Morgan fingerprint density at radius 3 is 2.65 bits per heavy atom. The van der Waals surface area contributed by atoms with Gasteiger partial charge in [-0.15, -0.1) is 0 Å². The smallest absolute Gasteiger partial charge is 0.434 e. The second-order valence-corrected chi connectivity index (χ2v) is 13.8. The first-order chi connectivity index (χ1) is 20.6. The molecule has 4 aliphatic rings. The fourth-order valence-corrected chi connectivity index (χ4v) is 8.54. The zero-order chi connectivity index (χ0) is 29.7. The third kappa shape index (κ3) is 3.98. The fourth-order valence-electron chi connectivity index (χ4n) is 6.40. The van der Waals surface area contributed by atoms with E-state index in [9.17, 15) is 21.6 Å². The lowest BCUT2D eigenvalue weighted by Crippen LogP contribution is -2.31. The number of imidazole rings is 1. The number of hydrogen-bond donors (Lipinski definition) is 0. The van der Waals surface area contributed by atoms with Crippen molar-refractivity contribution in [3.05, 3.63) is 65.0 Å². The number of aromatic nitrogens is 6. The molecule has 4 aromatic rings. The Hall–Kier alpha value is -4.07. The van der Waals surface area contributed by atoms with Crippen LogP contribution in [0.5, 0.6) is 5.88 Å². The van der Waals surface area contributed by atoms with Gasteiger partial charge in [-0.25, -0.2) is 37.6 Å². The van der Waals surface area contributed by atoms with Gasteiger partial charge in [-0.05, 0) is 49.7 Å². The Labute approximate surface area is 245 Å². The van der Waals surface area contributed by atoms with Crippen molar-refractivity contribution in [2.75, 3.05) is 11.4 Å². The molecule has 14 heteroatoms. The highest BCUT2D eigenvalue weighted by Gasteiger charge is 2.65. The van der Waals surface area contributed by atoms with Crippen LogP contribution in [0.3, 0.4) is 0 Å². The molecule has 2 aliphatic carbocycles. The quantitative estimate of drug-likeness (QED) is 0.311. The fraction of sp³-hybridized carbons (Fsp3) is 0.414. The number of rotatable bonds is 5. The summed E-state index contributed by atoms with van der Waals surface area (Å²) in [5.74, 6) is 1.50. The van der Waals surface area contributed by atoms with E-state index in [-0.39, 0.29) is 18.3 Å². The number of benzene rings is 1. The van der Waals surface area contributed by atoms with Crippen LogP contribution in [0.1, 0.15) is 66.1 Å². The maximum absolute atomic E-state index is 14.0. The molecule has 0 bridgehead atoms. The summed E-state index contributed by atoms with van der Waals surface area (Å²) >= 11 is 0. The summed E-state index contributed by atoms with van der Waals surface area (Å²) in [6, 6.07) is 5.37. The summed E-state index contributed by atoms with van der Waals surface area (Å²) in [6.45, 7) is 0.439. The summed E-state index contributed by atoms with van der Waals surface area (Å²) < 4.78 is 75.5. The van der Waals surface area contributed by atoms with Crippen LogP contribution in [0, 0.1) is 0 Å². The molecule has 222 valence electrons. The molecule has 3 aromatic heterocycles. The van der Waals surface area contributed by atoms with Crippen molar-refractivity contribution in [3.8, 4) is 28.7 Å². The number of hydrogen-bond acceptors (Lipinski definition) is 8. The van der Waals surface area contributed by atoms with E-state index in [1.807, 2.05) is 6.07 Å². The molecule has 0 unspecified atom stereocenters. The lowest BCUT2D eigenvalue weighted by atomic mass is 10.00. The van der Waals surface area contributed by atoms with Crippen molar-refractivity contribution in [1.82, 2.24) is 29.5 Å². The first kappa shape index (κ1) is 26.5. The SMILES string of the molecule is COc1ncnc(C2CC2)c1-c1ncc2c(n1)N(Cc1ccc3c(c1)CCCn1cc(C(F)(F)F)nc1-3)S(=O)(=O)C21CC1. The maximum Gasteiger partial charge on any atom is 0.434 e. The van der Waals surface area contributed by atoms with Crippen LogP contribution >= 0.6 is 0 Å². The highest BCUT2D eigenvalue weighted by molar-refractivity contribution is 7.94. The minimum atomic E-state index is -4.54. The molecule has 0 atom stereocenters. The molecular formula is C29H26F3N7O3S. The van der Waals surface area contributed by atoms with E-state index in [0.29, 0.717) is 72.0 Å². The highest BCUT2D eigenvalue weighted by atomic mass is 32.2. The molecule has 2 saturated carbocycles. The minimum absolute atomic E-state index is 0.0287. The van der Waals surface area contributed by atoms with Crippen LogP contribution in [0.25, 0.3) is 22.8 Å². The van der Waals surface area contributed by atoms with Crippen LogP contribution in [0.15, 0.2) is 36.9 Å². The monoisotopic (exact) mass is 609 g/mol. The Balaban J connectivity index is 1.20. The predicted molar refractivity (Wildman–Crippen MR) is 149 cm³/mol. The van der Waals surface area contributed by atoms with E-state index in [1.54, 1.807) is 22.9 Å². The number of ether oxygens (including phenoxy) is 1. The van der Waals surface area contributed by atoms with Gasteiger partial charge in [0.1, 0.15) is 22.5 Å². The molecule has 0 saturated heterocycles. The number of sulfonamides is 1. The molecule has 2 aliphatic heterocycles. The maximum atomic E-state index is 14.0. The van der Waals surface area contributed by atoms with E-state index < -0.39 is 26.6 Å². The summed E-state index contributed by atoms with van der Waals surface area (Å²) in [7, 11) is -2.29. The molecule has 5 heterocycles. The van der Waals surface area contributed by atoms with Crippen molar-refractivity contribution in [2.24, 2.45) is 0 Å². The lowest BCUT2D eigenvalue weighted by Gasteiger charge is -2.20. The van der Waals surface area contributed by atoms with Crippen LogP contribution in [-0.2, 0) is 40.5 Å². The third-order valence-electron chi connectivity index (χ3n) is 8.86. The number of methoxy groups -OCH3 is 1. The molecule has 0 radical (unpaired) electrons. The zero-order valence-electron chi connectivity index (χ0n) is 23.1. The predicted octanol–water partition coefficient (Wildman–Crippen LogP) is 4.99. The second-order valence-electron chi connectivity index (χ2n) is 11.6. The normalized spacial score (nSPS) is 19.5. The van der Waals surface area contributed by atoms with Crippen LogP contribution in [0.4, 0.5) is 19.0 Å². The van der Waals surface area contributed by atoms with Crippen molar-refractivity contribution >= 4 is 15.8 Å². The molecular weight excluding hydrogens is 583 g/mol. The Morgan fingerprint density at radius 1 is 1.12 bits per heavy atom. The van der Waals surface area contributed by atoms with Gasteiger partial charge in [-0.3, -0.25) is 0 Å². The molecule has 0 N–H and O–H groups in total. The molecule has 43 heavy (non-hydrogen) atoms. The van der Waals surface area contributed by atoms with Crippen LogP contribution in [0.2, 0.25) is 0 Å². The van der Waals surface area contributed by atoms with Gasteiger partial charge in [0.05, 0.1) is 19.3 Å². The van der Waals surface area contributed by atoms with Crippen molar-refractivity contribution < 1.29 is 26.3 Å². The van der Waals surface area contributed by atoms with Gasteiger partial charge in [0.15, 0.2) is 17.3 Å². The number of alkyl halides is 3. The molecule has 0 amide bonds. The third-order valence-corrected chi connectivity index (χ3v) is 11.4. The van der Waals surface area contributed by atoms with Crippen molar-refractivity contribution in [3.63, 3.8) is 0 Å². The Kier molecular flexibility index (Phi) is 5.54. The van der Waals surface area contributed by atoms with E-state index in [0.717, 1.165) is 30.3 Å². The molecule has 8 rings (SSSR count). The topological polar surface area (TPSA) is 116 Å². The van der Waals surface area contributed by atoms with E-state index in [4.69, 9.17) is 9.72 Å². The lowest BCUT2D eigenvalue weighted by molar-refractivity contribution is -0.140. The number of nitrogens with zero attached hydrogens (tertiary/aromatic N) is 7. The van der Waals surface area contributed by atoms with Crippen LogP contribution in [-0.4, -0.2) is 45.0 Å². The summed E-state index contributed by atoms with van der Waals surface area (Å²) in [5.41, 5.74) is 3.18. The number of aryl methyl sites for hydroxylation is 2. The van der Waals surface area contributed by atoms with Gasteiger partial charge in [0, 0.05) is 36.0 Å². The Morgan fingerprint density at radius 2 is 1.93 bits per heavy atom. The van der Waals surface area contributed by atoms with Gasteiger partial charge in [-0.1, -0.05) is 18.2 Å². The zero-order valence-corrected chi connectivity index (χ0v) is 23.9. The molecule has 10 nitrogen and oxygen atoms in total. The largest absolute Gasteiger partial charge is 0.480 e. The van der Waals surface area contributed by atoms with Gasteiger partial charge in [0.2, 0.25) is 15.9 Å². The summed E-state index contributed by atoms with van der Waals surface area (Å²) in [4.78, 5) is 22.1. The Bertz CT molecular complexity index is 1920. The molecule has 1 aromatic carbocycles. The minimum Gasteiger partial charge on any atom is -0.480 e. The number of fused-ring (bicyclic) bond motifs is 5. The molecule has 2 fully saturated rings. The van der Waals surface area contributed by atoms with Crippen molar-refractivity contribution in [1.29, 1.82) is 0 Å². The molecule has 1 spiro atoms. The average molecular weight is 610 g/mol. The first-order valence-corrected chi connectivity index (χ1v) is 15.6. The second kappa shape index (κ2) is 8.97. The van der Waals surface area contributed by atoms with E-state index in [1.165, 1.54) is 17.7 Å². The van der Waals surface area contributed by atoms with E-state index >= 15 is 0 Å². The summed E-state index contributed by atoms with van der Waals surface area (Å²) in [6.07, 6.45) is 3.79. The highest BCUT2D eigenvalue weighted by Crippen LogP contribution is 2.61. The van der Waals surface area contributed by atoms with Gasteiger partial charge in [0.25, 0.3) is 0 Å². The number of halogens is 3. The van der Waals surface area contributed by atoms with Crippen molar-refractivity contribution in [2.45, 2.75) is 68.5 Å². The van der Waals surface area contributed by atoms with Gasteiger partial charge in [-0.2, -0.15) is 13.2 Å². The van der Waals surface area contributed by atoms with E-state index in [2.05, 4.69) is 19.9 Å². The standard InChI is InChI=1S/C29H26F3N7O3S/c1-42-27-22(23(17-5-6-17)34-15-35-27)24-33-12-20-26(37-24)39(43(40,41)28(20)8-9-28)13-16-4-7-19-18(11-16)3-2-10-38-14-21(29(30,31)32)36-25(19)38/h4,7,11-12,14-15,17H,2-3,5-6,8-10,13H2,1H3. The number of anilines is 1.